The monoisotopic (exact) mass is 274 g/mol. The predicted octanol–water partition coefficient (Wildman–Crippen LogP) is 2.01. The topological polar surface area (TPSA) is 42.7 Å². The number of methoxy groups -OCH3 is 1. The number of nitrogens with zero attached hydrogens (tertiary/aromatic N) is 4. The molecule has 2 aromatic rings. The van der Waals surface area contributed by atoms with Gasteiger partial charge in [-0.05, 0) is 44.9 Å². The molecule has 1 aliphatic heterocycles. The number of fused-ring (bicyclic) bond motifs is 1. The highest BCUT2D eigenvalue weighted by Gasteiger charge is 2.26. The summed E-state index contributed by atoms with van der Waals surface area (Å²) in [5.41, 5.74) is 0.859. The smallest absolute Gasteiger partial charge is 0.200 e. The van der Waals surface area contributed by atoms with E-state index in [0.29, 0.717) is 12.0 Å². The number of likely N-dealkylation sites (tertiary alicyclic amines) is 1. The van der Waals surface area contributed by atoms with Gasteiger partial charge in [-0.2, -0.15) is 0 Å². The highest BCUT2D eigenvalue weighted by atomic mass is 16.5. The zero-order chi connectivity index (χ0) is 14.1. The first-order valence-electron chi connectivity index (χ1n) is 7.30. The van der Waals surface area contributed by atoms with Crippen LogP contribution >= 0.6 is 0 Å². The average molecular weight is 274 g/mol. The predicted molar refractivity (Wildman–Crippen MR) is 78.1 cm³/mol. The fraction of sp³-hybridized carbons (Fsp3) is 0.600. The zero-order valence-corrected chi connectivity index (χ0v) is 12.4. The molecule has 20 heavy (non-hydrogen) atoms. The molecule has 0 aromatic carbocycles. The van der Waals surface area contributed by atoms with Crippen LogP contribution in [0.25, 0.3) is 5.65 Å². The molecule has 3 heterocycles. The Labute approximate surface area is 119 Å². The van der Waals surface area contributed by atoms with Crippen molar-refractivity contribution >= 4 is 5.65 Å². The van der Waals surface area contributed by atoms with Gasteiger partial charge in [0.2, 0.25) is 5.88 Å². The summed E-state index contributed by atoms with van der Waals surface area (Å²) in [5.74, 6) is 2.48. The lowest BCUT2D eigenvalue weighted by atomic mass is 10.0. The summed E-state index contributed by atoms with van der Waals surface area (Å²) in [7, 11) is 1.69. The molecule has 1 aliphatic rings. The minimum atomic E-state index is 0.629. The third-order valence-electron chi connectivity index (χ3n) is 4.19. The lowest BCUT2D eigenvalue weighted by Crippen LogP contribution is -2.28. The number of rotatable bonds is 4. The molecule has 0 saturated carbocycles. The summed E-state index contributed by atoms with van der Waals surface area (Å²) < 4.78 is 7.45. The van der Waals surface area contributed by atoms with Crippen molar-refractivity contribution in [2.75, 3.05) is 20.2 Å². The van der Waals surface area contributed by atoms with E-state index in [-0.39, 0.29) is 0 Å². The Balaban J connectivity index is 1.82. The first kappa shape index (κ1) is 13.4. The van der Waals surface area contributed by atoms with Crippen LogP contribution in [0.1, 0.15) is 26.1 Å². The van der Waals surface area contributed by atoms with Gasteiger partial charge in [0.05, 0.1) is 7.11 Å². The van der Waals surface area contributed by atoms with Gasteiger partial charge in [0.25, 0.3) is 0 Å². The lowest BCUT2D eigenvalue weighted by molar-refractivity contribution is 0.264. The van der Waals surface area contributed by atoms with E-state index in [1.54, 1.807) is 7.11 Å². The molecule has 0 N–H and O–H groups in total. The molecule has 3 rings (SSSR count). The van der Waals surface area contributed by atoms with E-state index in [9.17, 15) is 0 Å². The highest BCUT2D eigenvalue weighted by Crippen LogP contribution is 2.23. The van der Waals surface area contributed by atoms with E-state index in [4.69, 9.17) is 4.74 Å². The third-order valence-corrected chi connectivity index (χ3v) is 4.19. The summed E-state index contributed by atoms with van der Waals surface area (Å²) in [6.07, 6.45) is 2.20. The molecule has 0 amide bonds. The van der Waals surface area contributed by atoms with Crippen molar-refractivity contribution in [3.63, 3.8) is 0 Å². The normalized spacial score (nSPS) is 20.1. The molecule has 2 aromatic heterocycles. The van der Waals surface area contributed by atoms with Gasteiger partial charge >= 0.3 is 0 Å². The molecule has 1 atom stereocenters. The molecule has 5 nitrogen and oxygen atoms in total. The van der Waals surface area contributed by atoms with E-state index < -0.39 is 0 Å². The Hall–Kier alpha value is -1.62. The van der Waals surface area contributed by atoms with Crippen LogP contribution in [0.2, 0.25) is 0 Å². The van der Waals surface area contributed by atoms with Gasteiger partial charge < -0.3 is 9.64 Å². The van der Waals surface area contributed by atoms with E-state index >= 15 is 0 Å². The molecule has 1 fully saturated rings. The van der Waals surface area contributed by atoms with Crippen molar-refractivity contribution < 1.29 is 4.74 Å². The van der Waals surface area contributed by atoms with Gasteiger partial charge in [0, 0.05) is 19.0 Å². The Morgan fingerprint density at radius 2 is 2.20 bits per heavy atom. The van der Waals surface area contributed by atoms with Crippen LogP contribution in [0.15, 0.2) is 18.2 Å². The Morgan fingerprint density at radius 1 is 1.35 bits per heavy atom. The second kappa shape index (κ2) is 5.40. The van der Waals surface area contributed by atoms with E-state index in [1.807, 2.05) is 22.6 Å². The summed E-state index contributed by atoms with van der Waals surface area (Å²) in [6, 6.07) is 6.50. The lowest BCUT2D eigenvalue weighted by Gasteiger charge is -2.20. The molecule has 1 unspecified atom stereocenters. The van der Waals surface area contributed by atoms with E-state index in [1.165, 1.54) is 13.0 Å². The molecule has 0 radical (unpaired) electrons. The van der Waals surface area contributed by atoms with Gasteiger partial charge in [-0.15, -0.1) is 10.2 Å². The summed E-state index contributed by atoms with van der Waals surface area (Å²) in [4.78, 5) is 2.53. The molecular weight excluding hydrogens is 252 g/mol. The summed E-state index contributed by atoms with van der Waals surface area (Å²) in [6.45, 7) is 6.87. The van der Waals surface area contributed by atoms with E-state index in [0.717, 1.165) is 30.3 Å². The molecule has 0 spiro atoms. The SMILES string of the molecule is COc1cccc2nnc(CC3CCN(C(C)C)C3)n12. The summed E-state index contributed by atoms with van der Waals surface area (Å²) >= 11 is 0. The maximum atomic E-state index is 5.42. The van der Waals surface area contributed by atoms with Gasteiger partial charge in [-0.1, -0.05) is 6.07 Å². The second-order valence-corrected chi connectivity index (χ2v) is 5.83. The third kappa shape index (κ3) is 2.38. The number of hydrogen-bond acceptors (Lipinski definition) is 4. The van der Waals surface area contributed by atoms with Crippen LogP contribution in [0.3, 0.4) is 0 Å². The van der Waals surface area contributed by atoms with Crippen molar-refractivity contribution in [1.82, 2.24) is 19.5 Å². The van der Waals surface area contributed by atoms with Gasteiger partial charge in [0.1, 0.15) is 5.82 Å². The van der Waals surface area contributed by atoms with Crippen LogP contribution in [0.5, 0.6) is 5.88 Å². The van der Waals surface area contributed by atoms with E-state index in [2.05, 4.69) is 28.9 Å². The van der Waals surface area contributed by atoms with Crippen molar-refractivity contribution in [3.8, 4) is 5.88 Å². The number of aromatic nitrogens is 3. The van der Waals surface area contributed by atoms with Gasteiger partial charge in [-0.3, -0.25) is 0 Å². The quantitative estimate of drug-likeness (QED) is 0.855. The highest BCUT2D eigenvalue weighted by molar-refractivity contribution is 5.42. The van der Waals surface area contributed by atoms with Crippen LogP contribution in [0, 0.1) is 5.92 Å². The maximum absolute atomic E-state index is 5.42. The van der Waals surface area contributed by atoms with Crippen molar-refractivity contribution in [2.24, 2.45) is 5.92 Å². The Morgan fingerprint density at radius 3 is 2.90 bits per heavy atom. The minimum Gasteiger partial charge on any atom is -0.482 e. The first-order valence-corrected chi connectivity index (χ1v) is 7.30. The van der Waals surface area contributed by atoms with Crippen LogP contribution < -0.4 is 4.74 Å². The summed E-state index contributed by atoms with van der Waals surface area (Å²) in [5, 5.41) is 8.59. The standard InChI is InChI=1S/C15H22N4O/c1-11(2)18-8-7-12(10-18)9-14-17-16-13-5-4-6-15(20-3)19(13)14/h4-6,11-12H,7-10H2,1-3H3. The fourth-order valence-corrected chi connectivity index (χ4v) is 3.02. The van der Waals surface area contributed by atoms with Crippen molar-refractivity contribution in [2.45, 2.75) is 32.7 Å². The van der Waals surface area contributed by atoms with Crippen molar-refractivity contribution in [3.05, 3.63) is 24.0 Å². The Kier molecular flexibility index (Phi) is 3.61. The zero-order valence-electron chi connectivity index (χ0n) is 12.4. The number of hydrogen-bond donors (Lipinski definition) is 0. The molecule has 0 aliphatic carbocycles. The molecule has 5 heteroatoms. The van der Waals surface area contributed by atoms with Crippen molar-refractivity contribution in [1.29, 1.82) is 0 Å². The second-order valence-electron chi connectivity index (χ2n) is 5.83. The molecule has 0 bridgehead atoms. The fourth-order valence-electron chi connectivity index (χ4n) is 3.02. The van der Waals surface area contributed by atoms with Gasteiger partial charge in [0.15, 0.2) is 5.65 Å². The maximum Gasteiger partial charge on any atom is 0.200 e. The molecular formula is C15H22N4O. The first-order chi connectivity index (χ1) is 9.69. The minimum absolute atomic E-state index is 0.629. The molecule has 108 valence electrons. The Bertz CT molecular complexity index is 593. The number of ether oxygens (including phenoxy) is 1. The number of pyridine rings is 1. The average Bonchev–Trinajstić information content (AvgIpc) is 3.06. The van der Waals surface area contributed by atoms with Crippen LogP contribution in [-0.2, 0) is 6.42 Å². The van der Waals surface area contributed by atoms with Gasteiger partial charge in [-0.25, -0.2) is 4.40 Å². The van der Waals surface area contributed by atoms with Crippen LogP contribution in [0.4, 0.5) is 0 Å². The largest absolute Gasteiger partial charge is 0.482 e. The van der Waals surface area contributed by atoms with Crippen LogP contribution in [-0.4, -0.2) is 45.7 Å². The molecule has 1 saturated heterocycles.